The number of amides is 3. The van der Waals surface area contributed by atoms with E-state index in [2.05, 4.69) is 20.6 Å². The number of hydrogen-bond donors (Lipinski definition) is 2. The van der Waals surface area contributed by atoms with Gasteiger partial charge in [-0.25, -0.2) is 9.97 Å². The summed E-state index contributed by atoms with van der Waals surface area (Å²) in [4.78, 5) is 48.4. The lowest BCUT2D eigenvalue weighted by molar-refractivity contribution is -0.133. The molecule has 2 N–H and O–H groups in total. The molecule has 3 amide bonds. The topological polar surface area (TPSA) is 114 Å². The molecular weight excluding hydrogens is 422 g/mol. The predicted octanol–water partition coefficient (Wildman–Crippen LogP) is 1.58. The van der Waals surface area contributed by atoms with E-state index in [-0.39, 0.29) is 30.9 Å². The van der Waals surface area contributed by atoms with Crippen molar-refractivity contribution in [2.45, 2.75) is 19.3 Å². The first-order valence-corrected chi connectivity index (χ1v) is 11.1. The third kappa shape index (κ3) is 5.19. The van der Waals surface area contributed by atoms with E-state index in [1.54, 1.807) is 29.2 Å². The van der Waals surface area contributed by atoms with Crippen LogP contribution in [-0.4, -0.2) is 65.4 Å². The van der Waals surface area contributed by atoms with Crippen LogP contribution in [0.3, 0.4) is 0 Å². The van der Waals surface area contributed by atoms with Gasteiger partial charge in [0.15, 0.2) is 0 Å². The fourth-order valence-electron chi connectivity index (χ4n) is 4.26. The summed E-state index contributed by atoms with van der Waals surface area (Å²) in [5, 5.41) is 5.78. The van der Waals surface area contributed by atoms with E-state index in [0.717, 1.165) is 0 Å². The fourth-order valence-corrected chi connectivity index (χ4v) is 4.26. The average Bonchev–Trinajstić information content (AvgIpc) is 2.86. The van der Waals surface area contributed by atoms with Crippen molar-refractivity contribution in [1.29, 1.82) is 0 Å². The summed E-state index contributed by atoms with van der Waals surface area (Å²) in [6.07, 6.45) is 8.49. The minimum atomic E-state index is -0.760. The van der Waals surface area contributed by atoms with Crippen LogP contribution < -0.4 is 15.4 Å². The van der Waals surface area contributed by atoms with E-state index in [0.29, 0.717) is 55.9 Å². The van der Waals surface area contributed by atoms with Gasteiger partial charge < -0.3 is 20.3 Å². The maximum absolute atomic E-state index is 13.3. The second-order valence-electron chi connectivity index (χ2n) is 8.20. The molecule has 0 radical (unpaired) electrons. The van der Waals surface area contributed by atoms with Gasteiger partial charge in [0.05, 0.1) is 11.0 Å². The van der Waals surface area contributed by atoms with Crippen LogP contribution in [0.15, 0.2) is 55.0 Å². The van der Waals surface area contributed by atoms with Crippen LogP contribution in [0.4, 0.5) is 0 Å². The van der Waals surface area contributed by atoms with E-state index < -0.39 is 5.41 Å². The first-order chi connectivity index (χ1) is 16.1. The normalized spacial score (nSPS) is 22.8. The number of benzene rings is 1. The number of hydrogen-bond acceptors (Lipinski definition) is 6. The number of likely N-dealkylation sites (tertiary alicyclic amines) is 1. The second kappa shape index (κ2) is 10.2. The summed E-state index contributed by atoms with van der Waals surface area (Å²) in [5.74, 6) is -0.0792. The molecule has 2 aromatic rings. The Morgan fingerprint density at radius 1 is 1.09 bits per heavy atom. The van der Waals surface area contributed by atoms with Crippen LogP contribution in [0.1, 0.15) is 40.1 Å². The predicted molar refractivity (Wildman–Crippen MR) is 121 cm³/mol. The minimum Gasteiger partial charge on any atom is -0.489 e. The first kappa shape index (κ1) is 22.4. The quantitative estimate of drug-likeness (QED) is 0.639. The van der Waals surface area contributed by atoms with E-state index in [1.165, 1.54) is 12.5 Å². The van der Waals surface area contributed by atoms with Crippen molar-refractivity contribution in [3.05, 3.63) is 66.3 Å². The number of piperidine rings is 1. The van der Waals surface area contributed by atoms with Gasteiger partial charge in [0, 0.05) is 32.4 Å². The van der Waals surface area contributed by atoms with Crippen molar-refractivity contribution in [2.75, 3.05) is 32.8 Å². The summed E-state index contributed by atoms with van der Waals surface area (Å²) in [6.45, 7) is 1.71. The largest absolute Gasteiger partial charge is 0.489 e. The maximum Gasteiger partial charge on any atom is 0.272 e. The van der Waals surface area contributed by atoms with Gasteiger partial charge in [-0.3, -0.25) is 14.4 Å². The molecule has 0 bridgehead atoms. The maximum atomic E-state index is 13.3. The van der Waals surface area contributed by atoms with Crippen LogP contribution in [0, 0.1) is 5.41 Å². The van der Waals surface area contributed by atoms with Gasteiger partial charge >= 0.3 is 0 Å². The van der Waals surface area contributed by atoms with Gasteiger partial charge in [0.1, 0.15) is 24.4 Å². The van der Waals surface area contributed by atoms with Crippen molar-refractivity contribution in [3.63, 3.8) is 0 Å². The highest BCUT2D eigenvalue weighted by Crippen LogP contribution is 2.35. The number of carbonyl (C=O) groups excluding carboxylic acids is 3. The number of aromatic nitrogens is 2. The number of rotatable bonds is 1. The zero-order chi connectivity index (χ0) is 23.1. The lowest BCUT2D eigenvalue weighted by Gasteiger charge is -2.41. The van der Waals surface area contributed by atoms with E-state index >= 15 is 0 Å². The lowest BCUT2D eigenvalue weighted by atomic mass is 9.76. The standard InChI is InChI=1S/C24H27N5O4/c30-21-18-6-1-2-7-20(18)33-15-4-3-9-24(23(32)27-13-12-26-21)10-5-14-29(16-24)22(31)19-8-11-25-17-28-19/h1-4,6-8,11,17H,5,9-10,12-16H2,(H,26,30)(H,27,32)/b4-3+. The third-order valence-corrected chi connectivity index (χ3v) is 5.98. The van der Waals surface area contributed by atoms with E-state index in [1.807, 2.05) is 18.2 Å². The number of para-hydroxylation sites is 1. The Morgan fingerprint density at radius 3 is 2.79 bits per heavy atom. The molecule has 1 spiro atoms. The van der Waals surface area contributed by atoms with Gasteiger partial charge in [-0.15, -0.1) is 0 Å². The molecule has 1 aromatic heterocycles. The molecule has 0 saturated carbocycles. The van der Waals surface area contributed by atoms with Crippen molar-refractivity contribution < 1.29 is 19.1 Å². The molecule has 4 rings (SSSR count). The molecule has 9 nitrogen and oxygen atoms in total. The Hall–Kier alpha value is -3.75. The summed E-state index contributed by atoms with van der Waals surface area (Å²) >= 11 is 0. The second-order valence-corrected chi connectivity index (χ2v) is 8.20. The van der Waals surface area contributed by atoms with Crippen LogP contribution in [0.25, 0.3) is 0 Å². The molecule has 33 heavy (non-hydrogen) atoms. The number of nitrogens with one attached hydrogen (secondary N) is 2. The highest BCUT2D eigenvalue weighted by atomic mass is 16.5. The van der Waals surface area contributed by atoms with Gasteiger partial charge in [-0.2, -0.15) is 0 Å². The summed E-state index contributed by atoms with van der Waals surface area (Å²) in [5.41, 5.74) is 0.00861. The summed E-state index contributed by atoms with van der Waals surface area (Å²) < 4.78 is 5.80. The molecule has 1 saturated heterocycles. The van der Waals surface area contributed by atoms with Gasteiger partial charge in [-0.1, -0.05) is 24.3 Å². The highest BCUT2D eigenvalue weighted by Gasteiger charge is 2.42. The van der Waals surface area contributed by atoms with Gasteiger partial charge in [-0.05, 0) is 37.5 Å². The molecular formula is C24H27N5O4. The molecule has 3 heterocycles. The molecule has 1 unspecified atom stereocenters. The first-order valence-electron chi connectivity index (χ1n) is 11.1. The molecule has 0 aliphatic carbocycles. The van der Waals surface area contributed by atoms with Crippen LogP contribution in [-0.2, 0) is 4.79 Å². The molecule has 1 atom stereocenters. The van der Waals surface area contributed by atoms with Crippen LogP contribution >= 0.6 is 0 Å². The number of carbonyl (C=O) groups is 3. The Labute approximate surface area is 192 Å². The molecule has 2 aliphatic heterocycles. The molecule has 2 aliphatic rings. The Kier molecular flexibility index (Phi) is 6.97. The number of allylic oxidation sites excluding steroid dienone is 1. The van der Waals surface area contributed by atoms with Crippen molar-refractivity contribution in [2.24, 2.45) is 5.41 Å². The molecule has 1 fully saturated rings. The van der Waals surface area contributed by atoms with Gasteiger partial charge in [0.2, 0.25) is 5.91 Å². The number of fused-ring (bicyclic) bond motifs is 1. The Morgan fingerprint density at radius 2 is 1.94 bits per heavy atom. The third-order valence-electron chi connectivity index (χ3n) is 5.98. The Bertz CT molecular complexity index is 1040. The SMILES string of the molecule is O=C1NCCNC(=O)C2(C/C=C/COc3ccccc31)CCCN(C(=O)c1ccncn1)C2. The minimum absolute atomic E-state index is 0.125. The molecule has 9 heteroatoms. The fraction of sp³-hybridized carbons (Fsp3) is 0.375. The van der Waals surface area contributed by atoms with Crippen molar-refractivity contribution in [1.82, 2.24) is 25.5 Å². The van der Waals surface area contributed by atoms with E-state index in [4.69, 9.17) is 4.74 Å². The lowest BCUT2D eigenvalue weighted by Crippen LogP contribution is -2.54. The number of ether oxygens (including phenoxy) is 1. The summed E-state index contributed by atoms with van der Waals surface area (Å²) in [6, 6.07) is 8.65. The van der Waals surface area contributed by atoms with Crippen molar-refractivity contribution >= 4 is 17.7 Å². The Balaban J connectivity index is 1.53. The van der Waals surface area contributed by atoms with Crippen LogP contribution in [0.5, 0.6) is 5.75 Å². The van der Waals surface area contributed by atoms with Crippen LogP contribution in [0.2, 0.25) is 0 Å². The van der Waals surface area contributed by atoms with E-state index in [9.17, 15) is 14.4 Å². The summed E-state index contributed by atoms with van der Waals surface area (Å²) in [7, 11) is 0. The smallest absolute Gasteiger partial charge is 0.272 e. The van der Waals surface area contributed by atoms with Gasteiger partial charge in [0.25, 0.3) is 11.8 Å². The zero-order valence-electron chi connectivity index (χ0n) is 18.3. The average molecular weight is 450 g/mol. The molecule has 172 valence electrons. The number of nitrogens with zero attached hydrogens (tertiary/aromatic N) is 3. The zero-order valence-corrected chi connectivity index (χ0v) is 18.3. The highest BCUT2D eigenvalue weighted by molar-refractivity contribution is 5.97. The van der Waals surface area contributed by atoms with Crippen molar-refractivity contribution in [3.8, 4) is 5.75 Å². The molecule has 1 aromatic carbocycles. The monoisotopic (exact) mass is 449 g/mol.